The quantitative estimate of drug-likeness (QED) is 0.0615. The number of ketones is 2. The first-order chi connectivity index (χ1) is 22.1. The van der Waals surface area contributed by atoms with Gasteiger partial charge in [0, 0.05) is 45.6 Å². The summed E-state index contributed by atoms with van der Waals surface area (Å²) < 4.78 is 0. The van der Waals surface area contributed by atoms with Gasteiger partial charge in [0.25, 0.3) is 0 Å². The Labute approximate surface area is 310 Å². The molecule has 4 unspecified atom stereocenters. The molecule has 0 aromatic heterocycles. The average molecular weight is 781 g/mol. The van der Waals surface area contributed by atoms with E-state index in [1.165, 1.54) is 11.1 Å². The van der Waals surface area contributed by atoms with Crippen LogP contribution in [0.1, 0.15) is 92.9 Å². The van der Waals surface area contributed by atoms with Gasteiger partial charge < -0.3 is 19.9 Å². The molecule has 47 heavy (non-hydrogen) atoms. The summed E-state index contributed by atoms with van der Waals surface area (Å²) in [6.45, 7) is 12.7. The van der Waals surface area contributed by atoms with E-state index in [4.69, 9.17) is 32.9 Å². The Bertz CT molecular complexity index is 1070. The third kappa shape index (κ3) is 17.2. The van der Waals surface area contributed by atoms with Gasteiger partial charge in [0.05, 0.1) is 11.4 Å². The molecule has 0 spiro atoms. The van der Waals surface area contributed by atoms with Gasteiger partial charge >= 0.3 is 17.1 Å². The first kappa shape index (κ1) is 45.6. The molecule has 0 saturated heterocycles. The molecule has 0 amide bonds. The minimum absolute atomic E-state index is 0. The molecule has 1 radical (unpaired) electrons. The van der Waals surface area contributed by atoms with E-state index in [1.807, 2.05) is 37.4 Å². The van der Waals surface area contributed by atoms with Crippen LogP contribution in [0, 0.1) is 11.8 Å². The third-order valence-electron chi connectivity index (χ3n) is 7.36. The SMILES string of the molecule is CCSC(C)CC1CC(=O)C(C(CC)=NOC/C=C/Cl)=C([O-])C1.CCSC(C)CC1CC(=O)C(C(CC)=NOC/C=C/Cl)=C([O-])C1.[Cu+2]. The summed E-state index contributed by atoms with van der Waals surface area (Å²) in [5.74, 6) is 1.99. The molecule has 0 aliphatic heterocycles. The summed E-state index contributed by atoms with van der Waals surface area (Å²) in [6, 6.07) is 0. The van der Waals surface area contributed by atoms with E-state index in [0.717, 1.165) is 24.3 Å². The summed E-state index contributed by atoms with van der Waals surface area (Å²) in [5, 5.41) is 33.6. The van der Waals surface area contributed by atoms with E-state index in [1.54, 1.807) is 12.2 Å². The van der Waals surface area contributed by atoms with Crippen LogP contribution in [0.2, 0.25) is 0 Å². The number of allylic oxidation sites excluding steroid dienone is 4. The molecule has 2 rings (SSSR count). The van der Waals surface area contributed by atoms with Crippen LogP contribution in [0.15, 0.2) is 56.2 Å². The molecule has 0 saturated carbocycles. The van der Waals surface area contributed by atoms with E-state index in [9.17, 15) is 19.8 Å². The third-order valence-corrected chi connectivity index (χ3v) is 9.91. The van der Waals surface area contributed by atoms with Crippen molar-refractivity contribution in [2.24, 2.45) is 22.1 Å². The van der Waals surface area contributed by atoms with Crippen LogP contribution in [0.3, 0.4) is 0 Å². The number of nitrogens with zero attached hydrogens (tertiary/aromatic N) is 2. The molecule has 0 heterocycles. The minimum atomic E-state index is -0.1000. The molecule has 0 bridgehead atoms. The molecule has 2 aliphatic rings. The fraction of sp³-hybridized carbons (Fsp3) is 0.647. The van der Waals surface area contributed by atoms with Gasteiger partial charge in [-0.2, -0.15) is 23.5 Å². The zero-order valence-electron chi connectivity index (χ0n) is 28.3. The van der Waals surface area contributed by atoms with Crippen LogP contribution in [-0.2, 0) is 36.3 Å². The van der Waals surface area contributed by atoms with Crippen LogP contribution in [0.4, 0.5) is 0 Å². The molecule has 0 aromatic rings. The topological polar surface area (TPSA) is 123 Å². The Morgan fingerprint density at radius 1 is 0.766 bits per heavy atom. The van der Waals surface area contributed by atoms with Crippen molar-refractivity contribution < 1.29 is 46.5 Å². The Hall–Kier alpha value is -1.36. The van der Waals surface area contributed by atoms with Crippen LogP contribution in [-0.4, -0.2) is 58.2 Å². The summed E-state index contributed by atoms with van der Waals surface area (Å²) in [7, 11) is 0. The molecule has 2 aliphatic carbocycles. The zero-order chi connectivity index (χ0) is 34.5. The Kier molecular flexibility index (Phi) is 25.7. The number of rotatable bonds is 18. The van der Waals surface area contributed by atoms with Crippen molar-refractivity contribution in [1.82, 2.24) is 0 Å². The number of carbonyl (C=O) groups excluding carboxylic acids is 2. The van der Waals surface area contributed by atoms with Crippen molar-refractivity contribution >= 4 is 69.7 Å². The average Bonchev–Trinajstić information content (AvgIpc) is 2.99. The van der Waals surface area contributed by atoms with Crippen molar-refractivity contribution in [3.8, 4) is 0 Å². The van der Waals surface area contributed by atoms with E-state index in [2.05, 4.69) is 38.0 Å². The first-order valence-corrected chi connectivity index (χ1v) is 19.0. The number of oxime groups is 2. The maximum absolute atomic E-state index is 12.4. The maximum atomic E-state index is 12.4. The van der Waals surface area contributed by atoms with Crippen molar-refractivity contribution in [1.29, 1.82) is 0 Å². The van der Waals surface area contributed by atoms with E-state index in [0.29, 0.717) is 60.4 Å². The van der Waals surface area contributed by atoms with E-state index >= 15 is 0 Å². The summed E-state index contributed by atoms with van der Waals surface area (Å²) in [4.78, 5) is 35.0. The van der Waals surface area contributed by atoms with Gasteiger partial charge in [0.1, 0.15) is 13.2 Å². The van der Waals surface area contributed by atoms with Gasteiger partial charge in [-0.3, -0.25) is 9.59 Å². The van der Waals surface area contributed by atoms with Crippen LogP contribution in [0.5, 0.6) is 0 Å². The number of halogens is 2. The van der Waals surface area contributed by atoms with Gasteiger partial charge in [0.15, 0.2) is 11.6 Å². The number of hydrogen-bond acceptors (Lipinski definition) is 10. The fourth-order valence-electron chi connectivity index (χ4n) is 5.50. The molecule has 8 nitrogen and oxygen atoms in total. The largest absolute Gasteiger partial charge is 2.00 e. The second-order valence-corrected chi connectivity index (χ2v) is 15.0. The molecule has 0 aromatic carbocycles. The normalized spacial score (nSPS) is 20.7. The maximum Gasteiger partial charge on any atom is 2.00 e. The summed E-state index contributed by atoms with van der Waals surface area (Å²) >= 11 is 14.5. The van der Waals surface area contributed by atoms with Crippen LogP contribution in [0.25, 0.3) is 0 Å². The Morgan fingerprint density at radius 3 is 1.40 bits per heavy atom. The predicted molar refractivity (Wildman–Crippen MR) is 191 cm³/mol. The summed E-state index contributed by atoms with van der Waals surface area (Å²) in [6.07, 6.45) is 7.68. The molecule has 13 heteroatoms. The first-order valence-electron chi connectivity index (χ1n) is 16.0. The smallest absolute Gasteiger partial charge is 0.875 e. The second kappa shape index (κ2) is 26.5. The minimum Gasteiger partial charge on any atom is -0.875 e. The number of hydrogen-bond donors (Lipinski definition) is 0. The predicted octanol–water partition coefficient (Wildman–Crippen LogP) is 7.29. The molecule has 269 valence electrons. The number of Topliss-reactive ketones (excluding diaryl/α,β-unsaturated/α-hetero) is 2. The van der Waals surface area contributed by atoms with Crippen molar-refractivity contribution in [3.63, 3.8) is 0 Å². The zero-order valence-corrected chi connectivity index (χ0v) is 32.4. The van der Waals surface area contributed by atoms with Gasteiger partial charge in [-0.1, -0.05) is 75.1 Å². The number of thioether (sulfide) groups is 2. The number of carbonyl (C=O) groups is 2. The van der Waals surface area contributed by atoms with E-state index in [-0.39, 0.29) is 76.3 Å². The summed E-state index contributed by atoms with van der Waals surface area (Å²) in [5.41, 5.74) is 4.02. The standard InChI is InChI=1S/2C17H26ClNO3S.Cu/c2*1-4-14(19-22-8-6-7-18)17-15(20)10-13(11-16(17)21)9-12(3)23-5-2;/h2*6-7,12-13,20H,4-5,8-11H2,1-3H3;/q;;+2/p-2/b2*7-6+,19-14?;. The monoisotopic (exact) mass is 779 g/mol. The van der Waals surface area contributed by atoms with E-state index < -0.39 is 0 Å². The molecule has 4 atom stereocenters. The van der Waals surface area contributed by atoms with Crippen molar-refractivity contribution in [3.05, 3.63) is 45.9 Å². The molecular weight excluding hydrogens is 731 g/mol. The molecule has 0 fully saturated rings. The second-order valence-electron chi connectivity index (χ2n) is 11.1. The van der Waals surface area contributed by atoms with Crippen molar-refractivity contribution in [2.75, 3.05) is 24.7 Å². The van der Waals surface area contributed by atoms with Gasteiger partial charge in [-0.15, -0.1) is 11.5 Å². The van der Waals surface area contributed by atoms with Gasteiger partial charge in [0.2, 0.25) is 0 Å². The Morgan fingerprint density at radius 2 is 1.13 bits per heavy atom. The van der Waals surface area contributed by atoms with Crippen LogP contribution >= 0.6 is 46.7 Å². The van der Waals surface area contributed by atoms with Crippen LogP contribution < -0.4 is 10.2 Å². The molecular formula is C34H50Cl2CuN2O6S2. The Balaban J connectivity index is 0.000000882. The molecule has 0 N–H and O–H groups in total. The van der Waals surface area contributed by atoms with Gasteiger partial charge in [-0.05, 0) is 74.0 Å². The van der Waals surface area contributed by atoms with Crippen molar-refractivity contribution in [2.45, 2.75) is 103 Å². The van der Waals surface area contributed by atoms with Gasteiger partial charge in [-0.25, -0.2) is 0 Å². The fourth-order valence-corrected chi connectivity index (χ4v) is 7.60.